The maximum atomic E-state index is 11.2. The van der Waals surface area contributed by atoms with Crippen molar-refractivity contribution in [3.63, 3.8) is 0 Å². The zero-order chi connectivity index (χ0) is 27.4. The number of nitrogens with zero attached hydrogens (tertiary/aromatic N) is 4. The average molecular weight is 523 g/mol. The van der Waals surface area contributed by atoms with Gasteiger partial charge in [-0.2, -0.15) is 14.0 Å². The van der Waals surface area contributed by atoms with E-state index in [1.165, 1.54) is 12.2 Å². The molecule has 9 nitrogen and oxygen atoms in total. The van der Waals surface area contributed by atoms with Crippen LogP contribution in [0.2, 0.25) is 0 Å². The zero-order valence-corrected chi connectivity index (χ0v) is 20.9. The Balaban J connectivity index is 1.83. The van der Waals surface area contributed by atoms with Crippen LogP contribution in [0.4, 0.5) is 0 Å². The summed E-state index contributed by atoms with van der Waals surface area (Å²) in [4.78, 5) is 25.4. The van der Waals surface area contributed by atoms with E-state index in [1.807, 2.05) is 19.1 Å². The maximum Gasteiger partial charge on any atom is 0.346 e. The highest BCUT2D eigenvalue weighted by atomic mass is 32.1. The number of hydrogen-bond acceptors (Lipinski definition) is 7. The Kier molecular flexibility index (Phi) is 7.28. The molecule has 4 aromatic rings. The summed E-state index contributed by atoms with van der Waals surface area (Å²) in [7, 11) is 1.57. The molecule has 38 heavy (non-hydrogen) atoms. The third-order valence-electron chi connectivity index (χ3n) is 5.81. The van der Waals surface area contributed by atoms with E-state index in [0.717, 1.165) is 39.5 Å². The molecule has 1 aromatic heterocycles. The van der Waals surface area contributed by atoms with Gasteiger partial charge >= 0.3 is 11.9 Å². The predicted octanol–water partition coefficient (Wildman–Crippen LogP) is 5.68. The number of nitriles is 1. The summed E-state index contributed by atoms with van der Waals surface area (Å²) in [6, 6.07) is 15.8. The van der Waals surface area contributed by atoms with Crippen molar-refractivity contribution in [2.75, 3.05) is 7.11 Å². The number of hydrogen-bond donors (Lipinski definition) is 2. The third kappa shape index (κ3) is 4.85. The molecule has 0 atom stereocenters. The van der Waals surface area contributed by atoms with Gasteiger partial charge in [0.05, 0.1) is 31.0 Å². The van der Waals surface area contributed by atoms with Crippen molar-refractivity contribution in [2.24, 2.45) is 0 Å². The first-order valence-corrected chi connectivity index (χ1v) is 11.7. The van der Waals surface area contributed by atoms with Crippen LogP contribution in [0, 0.1) is 24.8 Å². The van der Waals surface area contributed by atoms with Gasteiger partial charge in [0.1, 0.15) is 28.4 Å². The summed E-state index contributed by atoms with van der Waals surface area (Å²) in [6.07, 6.45) is 2.61. The number of carboxylic acid groups (broad SMARTS) is 2. The molecule has 0 aliphatic carbocycles. The molecule has 0 aliphatic rings. The van der Waals surface area contributed by atoms with Gasteiger partial charge in [-0.15, -0.1) is 0 Å². The van der Waals surface area contributed by atoms with Gasteiger partial charge in [-0.1, -0.05) is 48.5 Å². The Hall–Kier alpha value is -5.32. The Bertz CT molecular complexity index is 1720. The number of benzene rings is 3. The molecule has 4 rings (SSSR count). The number of carbonyl (C=O) groups is 2. The molecule has 0 saturated carbocycles. The van der Waals surface area contributed by atoms with E-state index in [-0.39, 0.29) is 11.3 Å². The smallest absolute Gasteiger partial charge is 0.346 e. The van der Waals surface area contributed by atoms with Crippen LogP contribution in [-0.2, 0) is 9.59 Å². The van der Waals surface area contributed by atoms with Crippen LogP contribution in [0.25, 0.3) is 50.3 Å². The van der Waals surface area contributed by atoms with Crippen molar-refractivity contribution in [1.29, 1.82) is 5.26 Å². The summed E-state index contributed by atoms with van der Waals surface area (Å²) < 4.78 is 14.9. The zero-order valence-electron chi connectivity index (χ0n) is 20.1. The third-order valence-corrected chi connectivity index (χ3v) is 6.34. The molecule has 0 saturated heterocycles. The van der Waals surface area contributed by atoms with Gasteiger partial charge < -0.3 is 14.9 Å². The quantitative estimate of drug-likeness (QED) is 0.180. The van der Waals surface area contributed by atoms with E-state index in [0.29, 0.717) is 27.9 Å². The summed E-state index contributed by atoms with van der Waals surface area (Å²) in [5, 5.41) is 27.2. The van der Waals surface area contributed by atoms with Crippen LogP contribution >= 0.6 is 11.7 Å². The molecule has 0 bridgehead atoms. The SMILES string of the molecule is [C-]#[N+]/C(=C\c1ccc(-c2c(OC)c(C)c(-c3ccc(/C=C(\C#N)C(=O)O)cc3)c3nsnc23)cc1)C(=O)O. The average Bonchev–Trinajstić information content (AvgIpc) is 3.39. The summed E-state index contributed by atoms with van der Waals surface area (Å²) in [5.41, 5.74) is 5.65. The van der Waals surface area contributed by atoms with Crippen LogP contribution in [0.5, 0.6) is 5.75 Å². The summed E-state index contributed by atoms with van der Waals surface area (Å²) in [6.45, 7) is 8.94. The molecule has 0 unspecified atom stereocenters. The van der Waals surface area contributed by atoms with Gasteiger partial charge in [0.15, 0.2) is 0 Å². The molecule has 3 aromatic carbocycles. The fraction of sp³-hybridized carbons (Fsp3) is 0.0714. The molecule has 0 amide bonds. The lowest BCUT2D eigenvalue weighted by molar-refractivity contribution is -0.133. The van der Waals surface area contributed by atoms with E-state index in [4.69, 9.17) is 26.8 Å². The van der Waals surface area contributed by atoms with Gasteiger partial charge in [-0.25, -0.2) is 9.64 Å². The second-order valence-corrected chi connectivity index (χ2v) is 8.56. The number of ether oxygens (including phenoxy) is 1. The number of rotatable bonds is 7. The van der Waals surface area contributed by atoms with Crippen LogP contribution < -0.4 is 4.74 Å². The van der Waals surface area contributed by atoms with Crippen LogP contribution in [-0.4, -0.2) is 38.0 Å². The van der Waals surface area contributed by atoms with Crippen LogP contribution in [0.1, 0.15) is 16.7 Å². The van der Waals surface area contributed by atoms with Crippen molar-refractivity contribution >= 4 is 46.9 Å². The van der Waals surface area contributed by atoms with E-state index < -0.39 is 11.9 Å². The molecule has 0 aliphatic heterocycles. The molecule has 10 heteroatoms. The minimum atomic E-state index is -1.29. The van der Waals surface area contributed by atoms with Gasteiger partial charge in [0.25, 0.3) is 5.70 Å². The monoisotopic (exact) mass is 522 g/mol. The molecular weight excluding hydrogens is 504 g/mol. The molecule has 0 spiro atoms. The molecule has 186 valence electrons. The van der Waals surface area contributed by atoms with Gasteiger partial charge in [0, 0.05) is 11.1 Å². The minimum Gasteiger partial charge on any atom is -0.496 e. The highest BCUT2D eigenvalue weighted by Crippen LogP contribution is 2.45. The van der Waals surface area contributed by atoms with Crippen molar-refractivity contribution in [3.05, 3.63) is 87.9 Å². The van der Waals surface area contributed by atoms with E-state index in [2.05, 4.69) is 13.6 Å². The van der Waals surface area contributed by atoms with E-state index in [1.54, 1.807) is 49.6 Å². The first-order valence-electron chi connectivity index (χ1n) is 11.0. The first-order chi connectivity index (χ1) is 18.3. The summed E-state index contributed by atoms with van der Waals surface area (Å²) >= 11 is 1.06. The number of aliphatic carboxylic acids is 2. The standard InChI is InChI=1S/C28H18N4O5S/c1-15-22(18-8-4-16(5-9-18)12-20(14-29)27(33)34)24-25(32-38-31-24)23(26(15)37-3)19-10-6-17(7-11-19)13-21(30-2)28(35)36/h4-13H,1,3H3,(H,33,34)(H,35,36)/b20-12+,21-13-. The van der Waals surface area contributed by atoms with Crippen molar-refractivity contribution in [3.8, 4) is 34.1 Å². The summed E-state index contributed by atoms with van der Waals surface area (Å²) in [5.74, 6) is -1.98. The molecule has 2 N–H and O–H groups in total. The number of carboxylic acids is 2. The highest BCUT2D eigenvalue weighted by Gasteiger charge is 2.23. The van der Waals surface area contributed by atoms with Gasteiger partial charge in [-0.05, 0) is 41.3 Å². The van der Waals surface area contributed by atoms with Crippen molar-refractivity contribution in [1.82, 2.24) is 8.75 Å². The van der Waals surface area contributed by atoms with Gasteiger partial charge in [-0.3, -0.25) is 4.79 Å². The van der Waals surface area contributed by atoms with Gasteiger partial charge in [0.2, 0.25) is 0 Å². The molecule has 1 heterocycles. The van der Waals surface area contributed by atoms with Crippen LogP contribution in [0.15, 0.2) is 59.8 Å². The number of fused-ring (bicyclic) bond motifs is 1. The Morgan fingerprint density at radius 1 is 0.947 bits per heavy atom. The minimum absolute atomic E-state index is 0.360. The largest absolute Gasteiger partial charge is 0.496 e. The number of aromatic nitrogens is 2. The van der Waals surface area contributed by atoms with Crippen molar-refractivity contribution < 1.29 is 24.5 Å². The fourth-order valence-corrected chi connectivity index (χ4v) is 4.64. The molecule has 0 radical (unpaired) electrons. The Labute approximate surface area is 221 Å². The van der Waals surface area contributed by atoms with Crippen molar-refractivity contribution in [2.45, 2.75) is 6.92 Å². The lowest BCUT2D eigenvalue weighted by Gasteiger charge is -2.17. The van der Waals surface area contributed by atoms with E-state index in [9.17, 15) is 9.59 Å². The normalized spacial score (nSPS) is 11.6. The highest BCUT2D eigenvalue weighted by molar-refractivity contribution is 7.00. The Morgan fingerprint density at radius 3 is 1.95 bits per heavy atom. The first kappa shape index (κ1) is 25.8. The van der Waals surface area contributed by atoms with Crippen LogP contribution in [0.3, 0.4) is 0 Å². The van der Waals surface area contributed by atoms with E-state index >= 15 is 0 Å². The number of methoxy groups -OCH3 is 1. The predicted molar refractivity (Wildman–Crippen MR) is 143 cm³/mol. The molecular formula is C28H18N4O5S. The Morgan fingerprint density at radius 2 is 1.47 bits per heavy atom. The lowest BCUT2D eigenvalue weighted by atomic mass is 9.91. The lowest BCUT2D eigenvalue weighted by Crippen LogP contribution is -1.98. The second-order valence-electron chi connectivity index (χ2n) is 8.04. The maximum absolute atomic E-state index is 11.2. The second kappa shape index (κ2) is 10.7. The fourth-order valence-electron chi connectivity index (χ4n) is 4.08. The topological polar surface area (TPSA) is 138 Å². The molecule has 0 fully saturated rings.